The van der Waals surface area contributed by atoms with E-state index in [4.69, 9.17) is 21.1 Å². The summed E-state index contributed by atoms with van der Waals surface area (Å²) in [6.07, 6.45) is 1.35. The van der Waals surface area contributed by atoms with Crippen LogP contribution in [-0.2, 0) is 16.5 Å². The number of nitrogens with zero attached hydrogens (tertiary/aromatic N) is 2. The maximum atomic E-state index is 5.88. The van der Waals surface area contributed by atoms with Crippen molar-refractivity contribution in [3.05, 3.63) is 16.9 Å². The molecule has 12 heavy (non-hydrogen) atoms. The van der Waals surface area contributed by atoms with E-state index in [-0.39, 0.29) is 6.29 Å². The number of ether oxygens (including phenoxy) is 2. The molecule has 2 rings (SSSR count). The van der Waals surface area contributed by atoms with Crippen molar-refractivity contribution in [1.82, 2.24) is 9.78 Å². The maximum absolute atomic E-state index is 5.88. The van der Waals surface area contributed by atoms with Crippen LogP contribution in [0.25, 0.3) is 0 Å². The number of aromatic nitrogens is 2. The molecular formula is C7H9ClN2O2. The molecule has 0 unspecified atom stereocenters. The third-order valence-electron chi connectivity index (χ3n) is 1.66. The summed E-state index contributed by atoms with van der Waals surface area (Å²) in [4.78, 5) is 0. The normalized spacial score (nSPS) is 18.8. The molecule has 2 heterocycles. The zero-order chi connectivity index (χ0) is 8.55. The molecule has 0 N–H and O–H groups in total. The smallest absolute Gasteiger partial charge is 0.204 e. The van der Waals surface area contributed by atoms with Gasteiger partial charge in [0.2, 0.25) is 6.29 Å². The van der Waals surface area contributed by atoms with Gasteiger partial charge in [-0.2, -0.15) is 5.10 Å². The van der Waals surface area contributed by atoms with E-state index in [1.54, 1.807) is 10.9 Å². The highest BCUT2D eigenvalue weighted by Gasteiger charge is 2.23. The number of hydrogen-bond acceptors (Lipinski definition) is 3. The monoisotopic (exact) mass is 188 g/mol. The lowest BCUT2D eigenvalue weighted by Gasteiger charge is -2.04. The van der Waals surface area contributed by atoms with Gasteiger partial charge in [-0.05, 0) is 0 Å². The van der Waals surface area contributed by atoms with Gasteiger partial charge in [0, 0.05) is 13.2 Å². The maximum Gasteiger partial charge on any atom is 0.204 e. The largest absolute Gasteiger partial charge is 0.345 e. The molecule has 0 amide bonds. The third kappa shape index (κ3) is 1.33. The lowest BCUT2D eigenvalue weighted by Crippen LogP contribution is -2.00. The second kappa shape index (κ2) is 3.05. The first-order valence-corrected chi connectivity index (χ1v) is 4.07. The fourth-order valence-corrected chi connectivity index (χ4v) is 1.42. The topological polar surface area (TPSA) is 36.3 Å². The number of rotatable bonds is 1. The fraction of sp³-hybridized carbons (Fsp3) is 0.571. The van der Waals surface area contributed by atoms with Crippen LogP contribution < -0.4 is 0 Å². The van der Waals surface area contributed by atoms with E-state index in [9.17, 15) is 0 Å². The Kier molecular flexibility index (Phi) is 2.04. The summed E-state index contributed by atoms with van der Waals surface area (Å²) in [5, 5.41) is 4.71. The van der Waals surface area contributed by atoms with Gasteiger partial charge in [0.1, 0.15) is 5.69 Å². The van der Waals surface area contributed by atoms with Crippen molar-refractivity contribution in [2.24, 2.45) is 7.05 Å². The van der Waals surface area contributed by atoms with Crippen molar-refractivity contribution in [1.29, 1.82) is 0 Å². The second-order valence-corrected chi connectivity index (χ2v) is 3.02. The summed E-state index contributed by atoms with van der Waals surface area (Å²) in [5.41, 5.74) is 0.664. The van der Waals surface area contributed by atoms with Gasteiger partial charge in [0.05, 0.1) is 18.2 Å². The van der Waals surface area contributed by atoms with Crippen LogP contribution in [0, 0.1) is 0 Å². The van der Waals surface area contributed by atoms with Crippen LogP contribution in [0.2, 0.25) is 5.02 Å². The van der Waals surface area contributed by atoms with Crippen LogP contribution in [0.5, 0.6) is 0 Å². The average molecular weight is 189 g/mol. The first-order valence-electron chi connectivity index (χ1n) is 3.69. The molecule has 66 valence electrons. The average Bonchev–Trinajstić information content (AvgIpc) is 2.58. The number of halogens is 1. The van der Waals surface area contributed by atoms with Crippen molar-refractivity contribution >= 4 is 11.6 Å². The standard InChI is InChI=1S/C7H9ClN2O2/c1-10-4-5(8)6(9-10)7-11-2-3-12-7/h4,7H,2-3H2,1H3. The minimum absolute atomic E-state index is 0.376. The summed E-state index contributed by atoms with van der Waals surface area (Å²) in [6.45, 7) is 1.22. The highest BCUT2D eigenvalue weighted by atomic mass is 35.5. The van der Waals surface area contributed by atoms with Gasteiger partial charge in [-0.15, -0.1) is 0 Å². The van der Waals surface area contributed by atoms with E-state index in [1.807, 2.05) is 7.05 Å². The molecule has 0 bridgehead atoms. The molecule has 1 aliphatic rings. The first kappa shape index (κ1) is 8.04. The quantitative estimate of drug-likeness (QED) is 0.663. The minimum Gasteiger partial charge on any atom is -0.345 e. The van der Waals surface area contributed by atoms with E-state index in [1.165, 1.54) is 0 Å². The van der Waals surface area contributed by atoms with E-state index < -0.39 is 0 Å². The molecule has 0 aliphatic carbocycles. The molecule has 1 saturated heterocycles. The predicted octanol–water partition coefficient (Wildman–Crippen LogP) is 1.12. The molecule has 0 aromatic carbocycles. The van der Waals surface area contributed by atoms with Gasteiger partial charge < -0.3 is 9.47 Å². The zero-order valence-electron chi connectivity index (χ0n) is 6.66. The number of hydrogen-bond donors (Lipinski definition) is 0. The molecule has 0 radical (unpaired) electrons. The summed E-state index contributed by atoms with van der Waals surface area (Å²) in [5.74, 6) is 0. The molecular weight excluding hydrogens is 180 g/mol. The molecule has 1 aromatic heterocycles. The van der Waals surface area contributed by atoms with Gasteiger partial charge in [0.15, 0.2) is 0 Å². The Balaban J connectivity index is 2.25. The lowest BCUT2D eigenvalue weighted by atomic mass is 10.4. The minimum atomic E-state index is -0.376. The molecule has 5 heteroatoms. The molecule has 0 atom stereocenters. The molecule has 0 spiro atoms. The van der Waals surface area contributed by atoms with E-state index in [0.717, 1.165) is 0 Å². The summed E-state index contributed by atoms with van der Waals surface area (Å²) in [6, 6.07) is 0. The Morgan fingerprint density at radius 2 is 2.25 bits per heavy atom. The molecule has 1 aliphatic heterocycles. The Hall–Kier alpha value is -0.580. The zero-order valence-corrected chi connectivity index (χ0v) is 7.41. The van der Waals surface area contributed by atoms with E-state index in [0.29, 0.717) is 23.9 Å². The Bertz CT molecular complexity index is 281. The Morgan fingerprint density at radius 3 is 2.75 bits per heavy atom. The van der Waals surface area contributed by atoms with Crippen molar-refractivity contribution in [2.75, 3.05) is 13.2 Å². The van der Waals surface area contributed by atoms with Gasteiger partial charge in [-0.25, -0.2) is 0 Å². The highest BCUT2D eigenvalue weighted by molar-refractivity contribution is 6.31. The highest BCUT2D eigenvalue weighted by Crippen LogP contribution is 2.27. The number of aryl methyl sites for hydroxylation is 1. The van der Waals surface area contributed by atoms with Crippen molar-refractivity contribution < 1.29 is 9.47 Å². The van der Waals surface area contributed by atoms with Crippen LogP contribution in [0.1, 0.15) is 12.0 Å². The van der Waals surface area contributed by atoms with E-state index >= 15 is 0 Å². The summed E-state index contributed by atoms with van der Waals surface area (Å²) in [7, 11) is 1.81. The van der Waals surface area contributed by atoms with Gasteiger partial charge in [0.25, 0.3) is 0 Å². The lowest BCUT2D eigenvalue weighted by molar-refractivity contribution is -0.0475. The Labute approximate surface area is 75.0 Å². The Morgan fingerprint density at radius 1 is 1.58 bits per heavy atom. The van der Waals surface area contributed by atoms with E-state index in [2.05, 4.69) is 5.10 Å². The van der Waals surface area contributed by atoms with Crippen LogP contribution in [-0.4, -0.2) is 23.0 Å². The summed E-state index contributed by atoms with van der Waals surface area (Å²) < 4.78 is 12.1. The molecule has 0 saturated carbocycles. The van der Waals surface area contributed by atoms with Crippen molar-refractivity contribution in [2.45, 2.75) is 6.29 Å². The van der Waals surface area contributed by atoms with Gasteiger partial charge in [-0.3, -0.25) is 4.68 Å². The van der Waals surface area contributed by atoms with Crippen molar-refractivity contribution in [3.63, 3.8) is 0 Å². The van der Waals surface area contributed by atoms with Crippen LogP contribution in [0.3, 0.4) is 0 Å². The van der Waals surface area contributed by atoms with Gasteiger partial charge >= 0.3 is 0 Å². The summed E-state index contributed by atoms with van der Waals surface area (Å²) >= 11 is 5.88. The van der Waals surface area contributed by atoms with Crippen molar-refractivity contribution in [3.8, 4) is 0 Å². The predicted molar refractivity (Wildman–Crippen MR) is 42.9 cm³/mol. The molecule has 1 aromatic rings. The SMILES string of the molecule is Cn1cc(Cl)c(C2OCCO2)n1. The van der Waals surface area contributed by atoms with Gasteiger partial charge in [-0.1, -0.05) is 11.6 Å². The van der Waals surface area contributed by atoms with Crippen LogP contribution in [0.4, 0.5) is 0 Å². The van der Waals surface area contributed by atoms with Crippen LogP contribution in [0.15, 0.2) is 6.20 Å². The van der Waals surface area contributed by atoms with Crippen LogP contribution >= 0.6 is 11.6 Å². The second-order valence-electron chi connectivity index (χ2n) is 2.61. The fourth-order valence-electron chi connectivity index (χ4n) is 1.15. The molecule has 4 nitrogen and oxygen atoms in total. The third-order valence-corrected chi connectivity index (χ3v) is 1.95. The molecule has 1 fully saturated rings. The first-order chi connectivity index (χ1) is 5.77.